The molecule has 5 nitrogen and oxygen atoms in total. The second-order valence-electron chi connectivity index (χ2n) is 4.76. The van der Waals surface area contributed by atoms with E-state index in [1.54, 1.807) is 14.2 Å². The summed E-state index contributed by atoms with van der Waals surface area (Å²) >= 11 is 0. The van der Waals surface area contributed by atoms with Gasteiger partial charge in [-0.25, -0.2) is 4.98 Å². The van der Waals surface area contributed by atoms with E-state index in [1.807, 2.05) is 47.0 Å². The van der Waals surface area contributed by atoms with E-state index >= 15 is 0 Å². The third kappa shape index (κ3) is 2.50. The van der Waals surface area contributed by atoms with Crippen molar-refractivity contribution in [2.24, 2.45) is 0 Å². The van der Waals surface area contributed by atoms with Crippen LogP contribution in [0.25, 0.3) is 11.0 Å². The van der Waals surface area contributed by atoms with Crippen LogP contribution in [0, 0.1) is 0 Å². The van der Waals surface area contributed by atoms with Crippen LogP contribution < -0.4 is 15.2 Å². The summed E-state index contributed by atoms with van der Waals surface area (Å²) in [4.78, 5) is 4.39. The molecule has 0 aliphatic heterocycles. The van der Waals surface area contributed by atoms with Gasteiger partial charge in [0.25, 0.3) is 0 Å². The minimum absolute atomic E-state index is 0.487. The van der Waals surface area contributed by atoms with Crippen molar-refractivity contribution >= 4 is 17.0 Å². The third-order valence-corrected chi connectivity index (χ3v) is 3.46. The lowest BCUT2D eigenvalue weighted by atomic mass is 10.2. The Balaban J connectivity index is 2.01. The fraction of sp³-hybridized carbons (Fsp3) is 0.188. The first-order chi connectivity index (χ1) is 10.2. The fourth-order valence-corrected chi connectivity index (χ4v) is 2.37. The molecule has 1 heterocycles. The molecule has 1 aromatic heterocycles. The van der Waals surface area contributed by atoms with Crippen molar-refractivity contribution in [1.29, 1.82) is 0 Å². The summed E-state index contributed by atoms with van der Waals surface area (Å²) < 4.78 is 12.4. The molecule has 0 radical (unpaired) electrons. The molecule has 3 aromatic rings. The van der Waals surface area contributed by atoms with E-state index in [9.17, 15) is 0 Å². The summed E-state index contributed by atoms with van der Waals surface area (Å²) in [6, 6.07) is 13.7. The molecule has 0 amide bonds. The lowest BCUT2D eigenvalue weighted by Gasteiger charge is -2.08. The molecular weight excluding hydrogens is 266 g/mol. The highest BCUT2D eigenvalue weighted by Gasteiger charge is 2.10. The zero-order valence-electron chi connectivity index (χ0n) is 12.0. The summed E-state index contributed by atoms with van der Waals surface area (Å²) in [6.07, 6.45) is 0. The molecule has 2 aromatic carbocycles. The molecule has 0 atom stereocenters. The third-order valence-electron chi connectivity index (χ3n) is 3.46. The Morgan fingerprint density at radius 2 is 1.81 bits per heavy atom. The SMILES string of the molecule is COc1cccc(Cn2c(N)nc3cc(OC)ccc32)c1. The number of nitrogens with two attached hydrogens (primary N) is 1. The number of nitrogens with zero attached hydrogens (tertiary/aromatic N) is 2. The number of nitrogen functional groups attached to an aromatic ring is 1. The van der Waals surface area contributed by atoms with E-state index in [2.05, 4.69) is 4.98 Å². The second kappa shape index (κ2) is 5.36. The molecule has 21 heavy (non-hydrogen) atoms. The minimum atomic E-state index is 0.487. The van der Waals surface area contributed by atoms with Gasteiger partial charge in [0.15, 0.2) is 0 Å². The van der Waals surface area contributed by atoms with Gasteiger partial charge < -0.3 is 19.8 Å². The zero-order valence-corrected chi connectivity index (χ0v) is 12.0. The average molecular weight is 283 g/mol. The standard InChI is InChI=1S/C16H17N3O2/c1-20-12-5-3-4-11(8-12)10-19-15-7-6-13(21-2)9-14(15)18-16(19)17/h3-9H,10H2,1-2H3,(H2,17,18). The molecule has 0 fully saturated rings. The summed E-state index contributed by atoms with van der Waals surface area (Å²) in [7, 11) is 3.30. The van der Waals surface area contributed by atoms with Gasteiger partial charge in [-0.3, -0.25) is 0 Å². The number of hydrogen-bond acceptors (Lipinski definition) is 4. The summed E-state index contributed by atoms with van der Waals surface area (Å²) in [6.45, 7) is 0.645. The predicted octanol–water partition coefficient (Wildman–Crippen LogP) is 2.68. The van der Waals surface area contributed by atoms with Crippen molar-refractivity contribution in [1.82, 2.24) is 9.55 Å². The Bertz CT molecular complexity index is 780. The number of methoxy groups -OCH3 is 2. The van der Waals surface area contributed by atoms with Crippen LogP contribution in [0.1, 0.15) is 5.56 Å². The van der Waals surface area contributed by atoms with Crippen molar-refractivity contribution in [3.05, 3.63) is 48.0 Å². The number of anilines is 1. The van der Waals surface area contributed by atoms with Crippen LogP contribution in [0.5, 0.6) is 11.5 Å². The Morgan fingerprint density at radius 3 is 2.57 bits per heavy atom. The summed E-state index contributed by atoms with van der Waals surface area (Å²) in [5, 5.41) is 0. The number of fused-ring (bicyclic) bond motifs is 1. The number of ether oxygens (including phenoxy) is 2. The van der Waals surface area contributed by atoms with Gasteiger partial charge in [-0.2, -0.15) is 0 Å². The maximum Gasteiger partial charge on any atom is 0.201 e. The fourth-order valence-electron chi connectivity index (χ4n) is 2.37. The van der Waals surface area contributed by atoms with E-state index in [0.29, 0.717) is 12.5 Å². The number of aromatic nitrogens is 2. The molecule has 0 saturated carbocycles. The minimum Gasteiger partial charge on any atom is -0.497 e. The first kappa shape index (κ1) is 13.3. The molecule has 3 rings (SSSR count). The number of imidazole rings is 1. The van der Waals surface area contributed by atoms with E-state index in [4.69, 9.17) is 15.2 Å². The van der Waals surface area contributed by atoms with Crippen LogP contribution in [-0.4, -0.2) is 23.8 Å². The molecule has 5 heteroatoms. The van der Waals surface area contributed by atoms with E-state index in [-0.39, 0.29) is 0 Å². The highest BCUT2D eigenvalue weighted by Crippen LogP contribution is 2.24. The molecule has 0 unspecified atom stereocenters. The monoisotopic (exact) mass is 283 g/mol. The van der Waals surface area contributed by atoms with Gasteiger partial charge in [-0.05, 0) is 29.8 Å². The Morgan fingerprint density at radius 1 is 1.05 bits per heavy atom. The van der Waals surface area contributed by atoms with Gasteiger partial charge in [0.1, 0.15) is 11.5 Å². The van der Waals surface area contributed by atoms with Gasteiger partial charge in [0.05, 0.1) is 31.8 Å². The highest BCUT2D eigenvalue weighted by molar-refractivity contribution is 5.80. The smallest absolute Gasteiger partial charge is 0.201 e. The van der Waals surface area contributed by atoms with Crippen LogP contribution in [0.4, 0.5) is 5.95 Å². The van der Waals surface area contributed by atoms with Gasteiger partial charge in [-0.15, -0.1) is 0 Å². The van der Waals surface area contributed by atoms with Crippen LogP contribution in [0.3, 0.4) is 0 Å². The van der Waals surface area contributed by atoms with E-state index in [0.717, 1.165) is 28.1 Å². The van der Waals surface area contributed by atoms with E-state index < -0.39 is 0 Å². The first-order valence-corrected chi connectivity index (χ1v) is 6.64. The number of benzene rings is 2. The first-order valence-electron chi connectivity index (χ1n) is 6.64. The lowest BCUT2D eigenvalue weighted by molar-refractivity contribution is 0.414. The topological polar surface area (TPSA) is 62.3 Å². The quantitative estimate of drug-likeness (QED) is 0.799. The number of rotatable bonds is 4. The molecule has 0 aliphatic rings. The van der Waals surface area contributed by atoms with Crippen molar-refractivity contribution in [3.8, 4) is 11.5 Å². The maximum atomic E-state index is 6.04. The Hall–Kier alpha value is -2.69. The van der Waals surface area contributed by atoms with Gasteiger partial charge in [0, 0.05) is 6.07 Å². The normalized spacial score (nSPS) is 10.8. The molecule has 0 bridgehead atoms. The average Bonchev–Trinajstić information content (AvgIpc) is 2.82. The van der Waals surface area contributed by atoms with Crippen LogP contribution >= 0.6 is 0 Å². The molecular formula is C16H17N3O2. The molecule has 108 valence electrons. The molecule has 2 N–H and O–H groups in total. The molecule has 0 spiro atoms. The predicted molar refractivity (Wildman–Crippen MR) is 82.8 cm³/mol. The molecule has 0 saturated heterocycles. The van der Waals surface area contributed by atoms with E-state index in [1.165, 1.54) is 0 Å². The summed E-state index contributed by atoms with van der Waals surface area (Å²) in [5.41, 5.74) is 8.96. The lowest BCUT2D eigenvalue weighted by Crippen LogP contribution is -2.04. The van der Waals surface area contributed by atoms with Crippen LogP contribution in [-0.2, 0) is 6.54 Å². The van der Waals surface area contributed by atoms with Crippen molar-refractivity contribution in [3.63, 3.8) is 0 Å². The van der Waals surface area contributed by atoms with Gasteiger partial charge >= 0.3 is 0 Å². The Labute approximate surface area is 122 Å². The number of hydrogen-bond donors (Lipinski definition) is 1. The largest absolute Gasteiger partial charge is 0.497 e. The maximum absolute atomic E-state index is 6.04. The summed E-state index contributed by atoms with van der Waals surface area (Å²) in [5.74, 6) is 2.09. The molecule has 0 aliphatic carbocycles. The van der Waals surface area contributed by atoms with Gasteiger partial charge in [-0.1, -0.05) is 12.1 Å². The van der Waals surface area contributed by atoms with Crippen LogP contribution in [0.15, 0.2) is 42.5 Å². The Kier molecular flexibility index (Phi) is 3.39. The van der Waals surface area contributed by atoms with Crippen molar-refractivity contribution in [2.75, 3.05) is 20.0 Å². The van der Waals surface area contributed by atoms with Crippen LogP contribution in [0.2, 0.25) is 0 Å². The van der Waals surface area contributed by atoms with Crippen molar-refractivity contribution in [2.45, 2.75) is 6.54 Å². The zero-order chi connectivity index (χ0) is 14.8. The highest BCUT2D eigenvalue weighted by atomic mass is 16.5. The second-order valence-corrected chi connectivity index (χ2v) is 4.76. The van der Waals surface area contributed by atoms with Crippen molar-refractivity contribution < 1.29 is 9.47 Å². The van der Waals surface area contributed by atoms with Gasteiger partial charge in [0.2, 0.25) is 5.95 Å².